The van der Waals surface area contributed by atoms with Crippen molar-refractivity contribution in [3.8, 4) is 11.5 Å². The lowest BCUT2D eigenvalue weighted by molar-refractivity contribution is -0.112. The van der Waals surface area contributed by atoms with E-state index in [1.54, 1.807) is 6.07 Å². The van der Waals surface area contributed by atoms with Crippen LogP contribution in [0, 0.1) is 27.7 Å². The van der Waals surface area contributed by atoms with Crippen LogP contribution in [0.5, 0.6) is 11.5 Å². The second-order valence-electron chi connectivity index (χ2n) is 5.74. The molecule has 2 N–H and O–H groups in total. The van der Waals surface area contributed by atoms with E-state index < -0.39 is 5.91 Å². The van der Waals surface area contributed by atoms with E-state index in [1.807, 2.05) is 52.0 Å². The van der Waals surface area contributed by atoms with E-state index >= 15 is 0 Å². The number of amides is 1. The van der Waals surface area contributed by atoms with E-state index in [1.165, 1.54) is 7.11 Å². The molecular weight excluding hydrogens is 304 g/mol. The summed E-state index contributed by atoms with van der Waals surface area (Å²) in [5, 5.41) is 3.75. The maximum absolute atomic E-state index is 11.7. The van der Waals surface area contributed by atoms with Crippen LogP contribution in [0.2, 0.25) is 0 Å². The third kappa shape index (κ3) is 3.56. The molecule has 0 unspecified atom stereocenters. The Morgan fingerprint density at radius 2 is 1.71 bits per heavy atom. The Balaban J connectivity index is 2.55. The van der Waals surface area contributed by atoms with E-state index in [4.69, 9.17) is 15.3 Å². The Morgan fingerprint density at radius 3 is 2.33 bits per heavy atom. The molecule has 0 aromatic heterocycles. The third-order valence-corrected chi connectivity index (χ3v) is 3.83. The second-order valence-corrected chi connectivity index (χ2v) is 5.74. The predicted octanol–water partition coefficient (Wildman–Crippen LogP) is 3.55. The van der Waals surface area contributed by atoms with E-state index in [0.29, 0.717) is 11.3 Å². The molecule has 0 saturated heterocycles. The normalized spacial score (nSPS) is 11.3. The first-order valence-electron chi connectivity index (χ1n) is 7.61. The van der Waals surface area contributed by atoms with E-state index in [2.05, 4.69) is 5.16 Å². The summed E-state index contributed by atoms with van der Waals surface area (Å²) in [6, 6.07) is 9.70. The molecule has 0 bridgehead atoms. The first kappa shape index (κ1) is 17.5. The van der Waals surface area contributed by atoms with Gasteiger partial charge in [-0.2, -0.15) is 0 Å². The molecule has 0 atom stereocenters. The van der Waals surface area contributed by atoms with Gasteiger partial charge in [0.15, 0.2) is 5.71 Å². The number of primary amides is 1. The highest BCUT2D eigenvalue weighted by molar-refractivity contribution is 6.45. The lowest BCUT2D eigenvalue weighted by Gasteiger charge is -2.17. The molecule has 0 radical (unpaired) electrons. The van der Waals surface area contributed by atoms with Crippen LogP contribution in [0.15, 0.2) is 35.5 Å². The molecule has 0 aliphatic rings. The summed E-state index contributed by atoms with van der Waals surface area (Å²) >= 11 is 0. The second kappa shape index (κ2) is 7.17. The van der Waals surface area contributed by atoms with Crippen molar-refractivity contribution >= 4 is 11.6 Å². The van der Waals surface area contributed by atoms with Crippen LogP contribution >= 0.6 is 0 Å². The SMILES string of the molecule is CO/N=C(\C(N)=O)c1ccc(C)c(Oc2cc(C)ccc2C)c1C. The smallest absolute Gasteiger partial charge is 0.271 e. The van der Waals surface area contributed by atoms with Crippen LogP contribution in [-0.4, -0.2) is 18.7 Å². The lowest BCUT2D eigenvalue weighted by Crippen LogP contribution is -2.25. The summed E-state index contributed by atoms with van der Waals surface area (Å²) in [6.45, 7) is 7.83. The van der Waals surface area contributed by atoms with Gasteiger partial charge >= 0.3 is 0 Å². The molecule has 1 amide bonds. The molecule has 0 fully saturated rings. The number of rotatable bonds is 5. The Labute approximate surface area is 142 Å². The van der Waals surface area contributed by atoms with Crippen molar-refractivity contribution in [2.75, 3.05) is 7.11 Å². The molecule has 0 heterocycles. The Morgan fingerprint density at radius 1 is 1.04 bits per heavy atom. The van der Waals surface area contributed by atoms with Crippen LogP contribution in [0.3, 0.4) is 0 Å². The maximum atomic E-state index is 11.7. The molecule has 2 aromatic carbocycles. The van der Waals surface area contributed by atoms with Crippen molar-refractivity contribution in [2.24, 2.45) is 10.9 Å². The molecule has 2 rings (SSSR count). The third-order valence-electron chi connectivity index (χ3n) is 3.83. The minimum Gasteiger partial charge on any atom is -0.457 e. The largest absolute Gasteiger partial charge is 0.457 e. The number of nitrogens with two attached hydrogens (primary N) is 1. The van der Waals surface area contributed by atoms with Crippen molar-refractivity contribution < 1.29 is 14.4 Å². The molecule has 24 heavy (non-hydrogen) atoms. The van der Waals surface area contributed by atoms with Crippen LogP contribution in [0.1, 0.15) is 27.8 Å². The van der Waals surface area contributed by atoms with Gasteiger partial charge in [0.1, 0.15) is 18.6 Å². The number of nitrogens with zero attached hydrogens (tertiary/aromatic N) is 1. The summed E-state index contributed by atoms with van der Waals surface area (Å²) < 4.78 is 6.15. The van der Waals surface area contributed by atoms with Gasteiger partial charge in [-0.05, 0) is 50.5 Å². The number of aryl methyl sites for hydroxylation is 3. The fourth-order valence-corrected chi connectivity index (χ4v) is 2.49. The number of benzene rings is 2. The zero-order valence-electron chi connectivity index (χ0n) is 14.6. The molecule has 0 spiro atoms. The van der Waals surface area contributed by atoms with E-state index in [9.17, 15) is 4.79 Å². The van der Waals surface area contributed by atoms with Gasteiger partial charge in [-0.15, -0.1) is 0 Å². The van der Waals surface area contributed by atoms with Crippen molar-refractivity contribution in [2.45, 2.75) is 27.7 Å². The van der Waals surface area contributed by atoms with Crippen LogP contribution in [0.25, 0.3) is 0 Å². The van der Waals surface area contributed by atoms with Gasteiger partial charge in [0.2, 0.25) is 0 Å². The van der Waals surface area contributed by atoms with Gasteiger partial charge in [-0.3, -0.25) is 4.79 Å². The van der Waals surface area contributed by atoms with Gasteiger partial charge in [0.25, 0.3) is 5.91 Å². The summed E-state index contributed by atoms with van der Waals surface area (Å²) in [7, 11) is 1.37. The van der Waals surface area contributed by atoms with Crippen molar-refractivity contribution in [3.63, 3.8) is 0 Å². The zero-order valence-corrected chi connectivity index (χ0v) is 14.6. The number of carbonyl (C=O) groups is 1. The van der Waals surface area contributed by atoms with E-state index in [-0.39, 0.29) is 5.71 Å². The van der Waals surface area contributed by atoms with Gasteiger partial charge in [0, 0.05) is 11.1 Å². The maximum Gasteiger partial charge on any atom is 0.271 e. The average Bonchev–Trinajstić information content (AvgIpc) is 2.53. The van der Waals surface area contributed by atoms with Gasteiger partial charge < -0.3 is 15.3 Å². The molecule has 0 aliphatic heterocycles. The van der Waals surface area contributed by atoms with Crippen molar-refractivity contribution in [1.29, 1.82) is 0 Å². The standard InChI is InChI=1S/C19H22N2O3/c1-11-6-7-12(2)16(10-11)24-18-13(3)8-9-15(14(18)4)17(19(20)22)21-23-5/h6-10H,1-5H3,(H2,20,22)/b21-17-. The first-order chi connectivity index (χ1) is 11.3. The predicted molar refractivity (Wildman–Crippen MR) is 94.6 cm³/mol. The number of hydrogen-bond donors (Lipinski definition) is 1. The van der Waals surface area contributed by atoms with Crippen molar-refractivity contribution in [3.05, 3.63) is 58.1 Å². The number of ether oxygens (including phenoxy) is 1. The minimum atomic E-state index is -0.651. The average molecular weight is 326 g/mol. The molecule has 5 nitrogen and oxygen atoms in total. The molecule has 0 aliphatic carbocycles. The minimum absolute atomic E-state index is 0.0702. The fraction of sp³-hybridized carbons (Fsp3) is 0.263. The van der Waals surface area contributed by atoms with Gasteiger partial charge in [-0.1, -0.05) is 29.4 Å². The molecule has 126 valence electrons. The Kier molecular flexibility index (Phi) is 5.24. The summed E-state index contributed by atoms with van der Waals surface area (Å²) in [4.78, 5) is 16.4. The number of oxime groups is 1. The van der Waals surface area contributed by atoms with Gasteiger partial charge in [0.05, 0.1) is 0 Å². The fourth-order valence-electron chi connectivity index (χ4n) is 2.49. The highest BCUT2D eigenvalue weighted by atomic mass is 16.6. The highest BCUT2D eigenvalue weighted by Crippen LogP contribution is 2.33. The number of hydrogen-bond acceptors (Lipinski definition) is 4. The first-order valence-corrected chi connectivity index (χ1v) is 7.61. The summed E-state index contributed by atoms with van der Waals surface area (Å²) in [6.07, 6.45) is 0. The summed E-state index contributed by atoms with van der Waals surface area (Å²) in [5.74, 6) is 0.815. The van der Waals surface area contributed by atoms with Crippen LogP contribution in [-0.2, 0) is 9.63 Å². The quantitative estimate of drug-likeness (QED) is 0.674. The highest BCUT2D eigenvalue weighted by Gasteiger charge is 2.19. The van der Waals surface area contributed by atoms with Crippen LogP contribution in [0.4, 0.5) is 0 Å². The topological polar surface area (TPSA) is 73.9 Å². The van der Waals surface area contributed by atoms with Crippen molar-refractivity contribution in [1.82, 2.24) is 0 Å². The number of carbonyl (C=O) groups excluding carboxylic acids is 1. The molecule has 5 heteroatoms. The summed E-state index contributed by atoms with van der Waals surface area (Å²) in [5.41, 5.74) is 9.97. The monoisotopic (exact) mass is 326 g/mol. The van der Waals surface area contributed by atoms with E-state index in [0.717, 1.165) is 28.0 Å². The Bertz CT molecular complexity index is 810. The zero-order chi connectivity index (χ0) is 17.9. The molecule has 2 aromatic rings. The van der Waals surface area contributed by atoms with Crippen LogP contribution < -0.4 is 10.5 Å². The molecular formula is C19H22N2O3. The molecule has 0 saturated carbocycles. The Hall–Kier alpha value is -2.82. The van der Waals surface area contributed by atoms with Gasteiger partial charge in [-0.25, -0.2) is 0 Å². The lowest BCUT2D eigenvalue weighted by atomic mass is 9.99.